The molecule has 0 amide bonds. The van der Waals surface area contributed by atoms with Gasteiger partial charge in [0.05, 0.1) is 0 Å². The van der Waals surface area contributed by atoms with Gasteiger partial charge in [-0.3, -0.25) is 9.59 Å². The summed E-state index contributed by atoms with van der Waals surface area (Å²) in [7, 11) is 0. The molecule has 0 saturated heterocycles. The molecule has 6 nitrogen and oxygen atoms in total. The standard InChI is InChI=1S/C16H16N2O2.2CNS.Co/c19-15-7-3-1-5-13(15)11-17-9-10-18-12-14-6-2-4-8-16(14)20;2*2-1-3;/h1-8,11-12,17-18H,9-10H2;;;/q;2*-1;. The first-order valence-electron chi connectivity index (χ1n) is 7.28. The van der Waals surface area contributed by atoms with Crippen LogP contribution in [0.5, 0.6) is 0 Å². The van der Waals surface area contributed by atoms with Crippen molar-refractivity contribution in [2.75, 3.05) is 13.1 Å². The average Bonchev–Trinajstić information content (AvgIpc) is 2.62. The summed E-state index contributed by atoms with van der Waals surface area (Å²) in [6, 6.07) is 0. The van der Waals surface area contributed by atoms with Crippen molar-refractivity contribution in [2.24, 2.45) is 0 Å². The third-order valence-corrected chi connectivity index (χ3v) is 2.77. The quantitative estimate of drug-likeness (QED) is 0.293. The van der Waals surface area contributed by atoms with Crippen molar-refractivity contribution in [3.8, 4) is 0 Å². The van der Waals surface area contributed by atoms with Crippen LogP contribution in [0.25, 0.3) is 10.8 Å². The molecule has 0 atom stereocenters. The van der Waals surface area contributed by atoms with Crippen LogP contribution in [0.4, 0.5) is 0 Å². The van der Waals surface area contributed by atoms with Crippen LogP contribution in [-0.2, 0) is 26.4 Å². The van der Waals surface area contributed by atoms with E-state index in [0.717, 1.165) is 0 Å². The minimum Gasteiger partial charge on any atom is -0.753 e. The van der Waals surface area contributed by atoms with Gasteiger partial charge in [0.1, 0.15) is 0 Å². The molecule has 0 aromatic heterocycles. The fraction of sp³-hybridized carbons (Fsp3) is 0.111. The van der Waals surface area contributed by atoms with Gasteiger partial charge >= 0.3 is 0 Å². The van der Waals surface area contributed by atoms with Gasteiger partial charge in [-0.1, -0.05) is 48.7 Å². The predicted octanol–water partition coefficient (Wildman–Crippen LogP) is 2.64. The van der Waals surface area contributed by atoms with Gasteiger partial charge in [-0.25, -0.2) is 0 Å². The van der Waals surface area contributed by atoms with Crippen molar-refractivity contribution in [3.63, 3.8) is 0 Å². The van der Waals surface area contributed by atoms with Crippen molar-refractivity contribution in [3.05, 3.63) is 83.0 Å². The molecule has 143 valence electrons. The molecule has 1 radical (unpaired) electrons. The monoisotopic (exact) mass is 443 g/mol. The molecule has 0 aliphatic heterocycles. The zero-order valence-corrected chi connectivity index (χ0v) is 16.7. The molecule has 0 fully saturated rings. The van der Waals surface area contributed by atoms with Crippen molar-refractivity contribution >= 4 is 46.3 Å². The van der Waals surface area contributed by atoms with E-state index in [1.807, 2.05) is 12.2 Å². The molecule has 2 aliphatic carbocycles. The molecule has 2 N–H and O–H groups in total. The number of isothiocyanates is 2. The fourth-order valence-corrected chi connectivity index (χ4v) is 1.71. The second-order valence-corrected chi connectivity index (χ2v) is 4.82. The summed E-state index contributed by atoms with van der Waals surface area (Å²) in [5, 5.41) is 23.1. The molecule has 0 bridgehead atoms. The Morgan fingerprint density at radius 1 is 0.778 bits per heavy atom. The number of rotatable bonds is 5. The van der Waals surface area contributed by atoms with Crippen LogP contribution in [0, 0.1) is 0 Å². The molecule has 0 aromatic carbocycles. The SMILES string of the molecule is O=C1C=CC=CC1=CNCCNC=C1C=CC=CC1=O.[Co].[N-]=C=S.[N-]=C=S. The summed E-state index contributed by atoms with van der Waals surface area (Å²) in [4.78, 5) is 22.9. The van der Waals surface area contributed by atoms with Crippen LogP contribution in [-0.4, -0.2) is 35.0 Å². The van der Waals surface area contributed by atoms with Gasteiger partial charge < -0.3 is 21.5 Å². The topological polar surface area (TPSA) is 103 Å². The maximum absolute atomic E-state index is 11.4. The van der Waals surface area contributed by atoms with Gasteiger partial charge in [0.25, 0.3) is 0 Å². The number of nitrogens with zero attached hydrogens (tertiary/aromatic N) is 2. The first-order chi connectivity index (χ1) is 12.6. The Morgan fingerprint density at radius 3 is 1.37 bits per heavy atom. The number of carbonyl (C=O) groups excluding carboxylic acids is 2. The maximum atomic E-state index is 11.4. The second-order valence-electron chi connectivity index (χ2n) is 4.46. The largest absolute Gasteiger partial charge is 0.753 e. The van der Waals surface area contributed by atoms with E-state index in [1.165, 1.54) is 22.5 Å². The molecule has 9 heteroatoms. The summed E-state index contributed by atoms with van der Waals surface area (Å²) in [5.41, 5.74) is 1.28. The molecular weight excluding hydrogens is 427 g/mol. The second kappa shape index (κ2) is 18.3. The Hall–Kier alpha value is -2.51. The van der Waals surface area contributed by atoms with Crippen LogP contribution >= 0.6 is 24.4 Å². The number of thiocarbonyl (C=S) groups is 2. The van der Waals surface area contributed by atoms with E-state index in [0.29, 0.717) is 24.2 Å². The number of hydrogen-bond acceptors (Lipinski definition) is 6. The predicted molar refractivity (Wildman–Crippen MR) is 111 cm³/mol. The van der Waals surface area contributed by atoms with Crippen molar-refractivity contribution in [1.82, 2.24) is 10.6 Å². The Morgan fingerprint density at radius 2 is 1.07 bits per heavy atom. The minimum atomic E-state index is -0.000182. The zero-order chi connectivity index (χ0) is 19.6. The average molecular weight is 443 g/mol. The first-order valence-corrected chi connectivity index (χ1v) is 8.10. The third kappa shape index (κ3) is 13.4. The molecular formula is C18H16CoN4O2S2-2. The van der Waals surface area contributed by atoms with E-state index in [-0.39, 0.29) is 28.3 Å². The van der Waals surface area contributed by atoms with Crippen LogP contribution < -0.4 is 10.6 Å². The Balaban J connectivity index is 0. The smallest absolute Gasteiger partial charge is 0.187 e. The van der Waals surface area contributed by atoms with Crippen molar-refractivity contribution in [2.45, 2.75) is 0 Å². The first kappa shape index (κ1) is 26.7. The van der Waals surface area contributed by atoms with E-state index in [9.17, 15) is 9.59 Å². The van der Waals surface area contributed by atoms with Crippen LogP contribution in [0.2, 0.25) is 0 Å². The molecule has 2 rings (SSSR count). The number of hydrogen-bond donors (Lipinski definition) is 2. The summed E-state index contributed by atoms with van der Waals surface area (Å²) < 4.78 is 0. The van der Waals surface area contributed by atoms with Gasteiger partial charge in [0.2, 0.25) is 0 Å². The minimum absolute atomic E-state index is 0. The van der Waals surface area contributed by atoms with E-state index >= 15 is 0 Å². The third-order valence-electron chi connectivity index (χ3n) is 2.77. The summed E-state index contributed by atoms with van der Waals surface area (Å²) >= 11 is 7.40. The molecule has 0 spiro atoms. The molecule has 0 heterocycles. The number of ketones is 2. The molecule has 27 heavy (non-hydrogen) atoms. The maximum Gasteiger partial charge on any atom is 0.187 e. The van der Waals surface area contributed by atoms with Gasteiger partial charge in [0, 0.05) is 53.4 Å². The fourth-order valence-electron chi connectivity index (χ4n) is 1.71. The Labute approximate surface area is 179 Å². The Kier molecular flexibility index (Phi) is 18.1. The number of allylic oxidation sites excluding steroid dienone is 10. The van der Waals surface area contributed by atoms with E-state index in [1.54, 1.807) is 36.7 Å². The van der Waals surface area contributed by atoms with E-state index < -0.39 is 0 Å². The van der Waals surface area contributed by atoms with Gasteiger partial charge in [0.15, 0.2) is 11.6 Å². The summed E-state index contributed by atoms with van der Waals surface area (Å²) in [6.45, 7) is 1.32. The molecule has 0 unspecified atom stereocenters. The van der Waals surface area contributed by atoms with Crippen LogP contribution in [0.3, 0.4) is 0 Å². The van der Waals surface area contributed by atoms with E-state index in [2.05, 4.69) is 35.1 Å². The van der Waals surface area contributed by atoms with Gasteiger partial charge in [-0.2, -0.15) is 10.3 Å². The Bertz CT molecular complexity index is 689. The van der Waals surface area contributed by atoms with Gasteiger partial charge in [-0.05, 0) is 24.3 Å². The summed E-state index contributed by atoms with van der Waals surface area (Å²) in [5.74, 6) is -0.000363. The zero-order valence-electron chi connectivity index (χ0n) is 14.0. The molecule has 0 aromatic rings. The van der Waals surface area contributed by atoms with Gasteiger partial charge in [-0.15, -0.1) is 0 Å². The normalized spacial score (nSPS) is 16.1. The van der Waals surface area contributed by atoms with E-state index in [4.69, 9.17) is 10.8 Å². The summed E-state index contributed by atoms with van der Waals surface area (Å²) in [6.07, 6.45) is 17.1. The molecule has 0 saturated carbocycles. The number of nitrogens with one attached hydrogen (secondary N) is 2. The van der Waals surface area contributed by atoms with Crippen LogP contribution in [0.1, 0.15) is 0 Å². The number of carbonyl (C=O) groups is 2. The van der Waals surface area contributed by atoms with Crippen molar-refractivity contribution in [1.29, 1.82) is 0 Å². The van der Waals surface area contributed by atoms with Crippen LogP contribution in [0.15, 0.2) is 72.2 Å². The molecule has 2 aliphatic rings. The van der Waals surface area contributed by atoms with Crippen molar-refractivity contribution < 1.29 is 26.4 Å².